The molecule has 2 aliphatic heterocycles. The number of halogens is 1. The third-order valence-electron chi connectivity index (χ3n) is 5.19. The van der Waals surface area contributed by atoms with Crippen LogP contribution in [0.2, 0.25) is 0 Å². The van der Waals surface area contributed by atoms with Crippen LogP contribution >= 0.6 is 0 Å². The molecule has 25 heavy (non-hydrogen) atoms. The Morgan fingerprint density at radius 1 is 1.00 bits per heavy atom. The molecule has 0 radical (unpaired) electrons. The van der Waals surface area contributed by atoms with E-state index < -0.39 is 5.54 Å². The van der Waals surface area contributed by atoms with Crippen molar-refractivity contribution in [2.75, 3.05) is 18.0 Å². The molecule has 0 aromatic heterocycles. The highest BCUT2D eigenvalue weighted by Gasteiger charge is 2.49. The maximum atomic E-state index is 13.2. The number of likely N-dealkylation sites (tertiary alicyclic amines) is 1. The summed E-state index contributed by atoms with van der Waals surface area (Å²) in [5, 5.41) is 0. The summed E-state index contributed by atoms with van der Waals surface area (Å²) in [4.78, 5) is 20.9. The number of aliphatic imine (C=N–C) groups is 1. The number of amides is 1. The van der Waals surface area contributed by atoms with Crippen LogP contribution in [0.4, 0.5) is 10.1 Å². The Morgan fingerprint density at radius 2 is 1.68 bits per heavy atom. The highest BCUT2D eigenvalue weighted by atomic mass is 19.1. The number of anilines is 1. The SMILES string of the molecule is O=C1N=CN(c2ccc(F)cc2)C12CCN(Cc1ccccc1)CC2. The molecule has 1 spiro atoms. The van der Waals surface area contributed by atoms with Crippen molar-refractivity contribution in [1.29, 1.82) is 0 Å². The first-order chi connectivity index (χ1) is 12.2. The van der Waals surface area contributed by atoms with Crippen LogP contribution in [0, 0.1) is 5.82 Å². The number of carbonyl (C=O) groups is 1. The second-order valence-corrected chi connectivity index (χ2v) is 6.69. The fraction of sp³-hybridized carbons (Fsp3) is 0.300. The first-order valence-corrected chi connectivity index (χ1v) is 8.57. The summed E-state index contributed by atoms with van der Waals surface area (Å²) in [6, 6.07) is 16.6. The third kappa shape index (κ3) is 2.96. The van der Waals surface area contributed by atoms with E-state index in [1.54, 1.807) is 18.5 Å². The Hall–Kier alpha value is -2.53. The van der Waals surface area contributed by atoms with Crippen molar-refractivity contribution in [3.05, 3.63) is 66.0 Å². The molecule has 0 atom stereocenters. The molecule has 4 rings (SSSR count). The number of rotatable bonds is 3. The van der Waals surface area contributed by atoms with E-state index in [2.05, 4.69) is 22.0 Å². The van der Waals surface area contributed by atoms with Crippen LogP contribution in [0.5, 0.6) is 0 Å². The van der Waals surface area contributed by atoms with E-state index >= 15 is 0 Å². The zero-order valence-electron chi connectivity index (χ0n) is 13.9. The minimum Gasteiger partial charge on any atom is -0.317 e. The average Bonchev–Trinajstić information content (AvgIpc) is 2.95. The van der Waals surface area contributed by atoms with Gasteiger partial charge in [-0.3, -0.25) is 9.69 Å². The number of nitrogens with zero attached hydrogens (tertiary/aromatic N) is 3. The van der Waals surface area contributed by atoms with Gasteiger partial charge in [-0.15, -0.1) is 0 Å². The largest absolute Gasteiger partial charge is 0.317 e. The van der Waals surface area contributed by atoms with Gasteiger partial charge in [0.1, 0.15) is 11.4 Å². The van der Waals surface area contributed by atoms with Gasteiger partial charge >= 0.3 is 0 Å². The maximum Gasteiger partial charge on any atom is 0.273 e. The van der Waals surface area contributed by atoms with Crippen LogP contribution in [0.15, 0.2) is 59.6 Å². The van der Waals surface area contributed by atoms with Crippen molar-refractivity contribution < 1.29 is 9.18 Å². The predicted octanol–water partition coefficient (Wildman–Crippen LogP) is 3.24. The van der Waals surface area contributed by atoms with Crippen molar-refractivity contribution in [3.63, 3.8) is 0 Å². The van der Waals surface area contributed by atoms with Gasteiger partial charge in [0.05, 0.1) is 6.34 Å². The molecule has 2 aromatic rings. The Balaban J connectivity index is 1.50. The summed E-state index contributed by atoms with van der Waals surface area (Å²) in [6.45, 7) is 2.56. The molecule has 0 N–H and O–H groups in total. The van der Waals surface area contributed by atoms with Gasteiger partial charge in [0, 0.05) is 25.3 Å². The molecule has 2 heterocycles. The van der Waals surface area contributed by atoms with Crippen molar-refractivity contribution >= 4 is 17.9 Å². The quantitative estimate of drug-likeness (QED) is 0.863. The van der Waals surface area contributed by atoms with Crippen LogP contribution in [0.3, 0.4) is 0 Å². The van der Waals surface area contributed by atoms with Gasteiger partial charge in [0.25, 0.3) is 5.91 Å². The molecule has 1 saturated heterocycles. The molecular weight excluding hydrogens is 317 g/mol. The highest BCUT2D eigenvalue weighted by Crippen LogP contribution is 2.36. The minimum absolute atomic E-state index is 0.0869. The lowest BCUT2D eigenvalue weighted by Gasteiger charge is -2.43. The highest BCUT2D eigenvalue weighted by molar-refractivity contribution is 6.08. The summed E-state index contributed by atoms with van der Waals surface area (Å²) < 4.78 is 13.2. The number of carbonyl (C=O) groups excluding carboxylic acids is 1. The van der Waals surface area contributed by atoms with Crippen molar-refractivity contribution in [3.8, 4) is 0 Å². The van der Waals surface area contributed by atoms with E-state index in [9.17, 15) is 9.18 Å². The maximum absolute atomic E-state index is 13.2. The normalized spacial score (nSPS) is 19.7. The smallest absolute Gasteiger partial charge is 0.273 e. The molecule has 2 aliphatic rings. The van der Waals surface area contributed by atoms with Gasteiger partial charge in [-0.25, -0.2) is 9.38 Å². The van der Waals surface area contributed by atoms with Crippen LogP contribution < -0.4 is 4.90 Å². The van der Waals surface area contributed by atoms with Gasteiger partial charge in [0.2, 0.25) is 0 Å². The van der Waals surface area contributed by atoms with E-state index in [1.165, 1.54) is 17.7 Å². The Labute approximate surface area is 146 Å². The van der Waals surface area contributed by atoms with E-state index in [-0.39, 0.29) is 11.7 Å². The summed E-state index contributed by atoms with van der Waals surface area (Å²) >= 11 is 0. The second-order valence-electron chi connectivity index (χ2n) is 6.69. The van der Waals surface area contributed by atoms with E-state index in [4.69, 9.17) is 0 Å². The molecule has 4 nitrogen and oxygen atoms in total. The lowest BCUT2D eigenvalue weighted by Crippen LogP contribution is -2.56. The van der Waals surface area contributed by atoms with Crippen LogP contribution in [0.25, 0.3) is 0 Å². The first-order valence-electron chi connectivity index (χ1n) is 8.57. The van der Waals surface area contributed by atoms with Gasteiger partial charge in [-0.05, 0) is 42.7 Å². The van der Waals surface area contributed by atoms with Gasteiger partial charge in [0.15, 0.2) is 0 Å². The molecule has 2 aromatic carbocycles. The molecule has 0 saturated carbocycles. The van der Waals surface area contributed by atoms with Gasteiger partial charge in [-0.2, -0.15) is 0 Å². The standard InChI is InChI=1S/C20H20FN3O/c21-17-6-8-18(9-7-17)24-15-22-19(25)20(24)10-12-23(13-11-20)14-16-4-2-1-3-5-16/h1-9,15H,10-14H2. The number of hydrogen-bond acceptors (Lipinski definition) is 3. The molecule has 128 valence electrons. The van der Waals surface area contributed by atoms with Crippen molar-refractivity contribution in [2.24, 2.45) is 4.99 Å². The molecular formula is C20H20FN3O. The van der Waals surface area contributed by atoms with Crippen LogP contribution in [-0.2, 0) is 11.3 Å². The minimum atomic E-state index is -0.620. The molecule has 0 bridgehead atoms. The summed E-state index contributed by atoms with van der Waals surface area (Å²) in [7, 11) is 0. The van der Waals surface area contributed by atoms with E-state index in [0.29, 0.717) is 0 Å². The Bertz CT molecular complexity index is 780. The van der Waals surface area contributed by atoms with Crippen LogP contribution in [-0.4, -0.2) is 35.8 Å². The molecule has 5 heteroatoms. The molecule has 0 unspecified atom stereocenters. The summed E-state index contributed by atoms with van der Waals surface area (Å²) in [5.74, 6) is -0.367. The molecule has 1 fully saturated rings. The van der Waals surface area contributed by atoms with E-state index in [0.717, 1.165) is 38.2 Å². The van der Waals surface area contributed by atoms with Crippen molar-refractivity contribution in [1.82, 2.24) is 4.90 Å². The fourth-order valence-electron chi connectivity index (χ4n) is 3.74. The Kier molecular flexibility index (Phi) is 4.09. The summed E-state index contributed by atoms with van der Waals surface area (Å²) in [6.07, 6.45) is 3.04. The van der Waals surface area contributed by atoms with Gasteiger partial charge < -0.3 is 4.90 Å². The number of hydrogen-bond donors (Lipinski definition) is 0. The number of piperidine rings is 1. The summed E-state index contributed by atoms with van der Waals surface area (Å²) in [5.41, 5.74) is 1.47. The lowest BCUT2D eigenvalue weighted by molar-refractivity contribution is -0.123. The van der Waals surface area contributed by atoms with Gasteiger partial charge in [-0.1, -0.05) is 30.3 Å². The Morgan fingerprint density at radius 3 is 2.36 bits per heavy atom. The van der Waals surface area contributed by atoms with Crippen LogP contribution in [0.1, 0.15) is 18.4 Å². The monoisotopic (exact) mass is 337 g/mol. The zero-order chi connectivity index (χ0) is 17.3. The number of benzene rings is 2. The first kappa shape index (κ1) is 16.0. The lowest BCUT2D eigenvalue weighted by atomic mass is 9.85. The average molecular weight is 337 g/mol. The predicted molar refractivity (Wildman–Crippen MR) is 96.1 cm³/mol. The second kappa shape index (κ2) is 6.41. The third-order valence-corrected chi connectivity index (χ3v) is 5.19. The fourth-order valence-corrected chi connectivity index (χ4v) is 3.74. The zero-order valence-corrected chi connectivity index (χ0v) is 13.9. The van der Waals surface area contributed by atoms with Crippen molar-refractivity contribution in [2.45, 2.75) is 24.9 Å². The molecule has 1 amide bonds. The van der Waals surface area contributed by atoms with E-state index in [1.807, 2.05) is 23.1 Å². The molecule has 0 aliphatic carbocycles. The topological polar surface area (TPSA) is 35.9 Å².